The minimum absolute atomic E-state index is 0.136. The SMILES string of the molecule is CC(=O)[O-].CCCCCCC(F)(F)C(F)(F)C(F)(F)C(F)(F)[N+](C)(C)C(F)(F)C(F)(F)C(F)(F)C(F)(F)CCCCCC. The highest BCUT2D eigenvalue weighted by Gasteiger charge is 2.93. The van der Waals surface area contributed by atoms with Crippen LogP contribution in [0.2, 0.25) is 0 Å². The van der Waals surface area contributed by atoms with Gasteiger partial charge in [0.1, 0.15) is 0 Å². The van der Waals surface area contributed by atoms with E-state index in [4.69, 9.17) is 9.90 Å². The van der Waals surface area contributed by atoms with E-state index in [0.29, 0.717) is 12.8 Å². The van der Waals surface area contributed by atoms with Crippen molar-refractivity contribution in [3.05, 3.63) is 0 Å². The first-order valence-electron chi connectivity index (χ1n) is 12.9. The fourth-order valence-corrected chi connectivity index (χ4v) is 3.58. The average molecular weight is 674 g/mol. The first-order valence-corrected chi connectivity index (χ1v) is 12.9. The Balaban J connectivity index is 0. The number of carboxylic acid groups (broad SMARTS) is 1. The summed E-state index contributed by atoms with van der Waals surface area (Å²) in [4.78, 5) is 8.89. The van der Waals surface area contributed by atoms with Gasteiger partial charge < -0.3 is 9.90 Å². The van der Waals surface area contributed by atoms with Crippen molar-refractivity contribution >= 4 is 5.97 Å². The molecule has 3 nitrogen and oxygen atoms in total. The number of carbonyl (C=O) groups excluding carboxylic acids is 1. The van der Waals surface area contributed by atoms with Crippen molar-refractivity contribution in [2.24, 2.45) is 0 Å². The molecule has 0 N–H and O–H groups in total. The third-order valence-corrected chi connectivity index (χ3v) is 6.56. The number of rotatable bonds is 18. The normalized spacial score (nSPS) is 14.8. The van der Waals surface area contributed by atoms with Crippen LogP contribution in [0.3, 0.4) is 0 Å². The molecule has 0 unspecified atom stereocenters. The Labute approximate surface area is 238 Å². The summed E-state index contributed by atoms with van der Waals surface area (Å²) in [5.41, 5.74) is 0. The lowest BCUT2D eigenvalue weighted by atomic mass is 9.93. The molecule has 0 radical (unpaired) electrons. The Morgan fingerprint density at radius 2 is 0.744 bits per heavy atom. The molecule has 0 atom stereocenters. The van der Waals surface area contributed by atoms with E-state index in [0.717, 1.165) is 6.92 Å². The number of quaternary nitrogens is 1. The number of unbranched alkanes of at least 4 members (excludes halogenated alkanes) is 6. The topological polar surface area (TPSA) is 40.1 Å². The number of hydrogen-bond donors (Lipinski definition) is 0. The maximum absolute atomic E-state index is 14.6. The fourth-order valence-electron chi connectivity index (χ4n) is 3.58. The highest BCUT2D eigenvalue weighted by Crippen LogP contribution is 2.62. The highest BCUT2D eigenvalue weighted by molar-refractivity contribution is 5.60. The third-order valence-electron chi connectivity index (χ3n) is 6.56. The van der Waals surface area contributed by atoms with Gasteiger partial charge in [0.15, 0.2) is 0 Å². The summed E-state index contributed by atoms with van der Waals surface area (Å²) in [7, 11) is -2.13. The van der Waals surface area contributed by atoms with E-state index in [2.05, 4.69) is 0 Å². The second-order valence-corrected chi connectivity index (χ2v) is 10.4. The van der Waals surface area contributed by atoms with Crippen LogP contribution >= 0.6 is 0 Å². The maximum Gasteiger partial charge on any atom is 0.466 e. The number of hydrogen-bond acceptors (Lipinski definition) is 2. The van der Waals surface area contributed by atoms with Gasteiger partial charge in [0.2, 0.25) is 0 Å². The quantitative estimate of drug-likeness (QED) is 0.0632. The first-order chi connectivity index (χ1) is 18.9. The number of halogens is 16. The summed E-state index contributed by atoms with van der Waals surface area (Å²) in [5.74, 6) is -42.5. The molecule has 0 aliphatic heterocycles. The van der Waals surface area contributed by atoms with Crippen LogP contribution in [-0.4, -0.2) is 72.2 Å². The molecular formula is C24H35F16NO2. The van der Waals surface area contributed by atoms with Crippen molar-refractivity contribution in [3.63, 3.8) is 0 Å². The van der Waals surface area contributed by atoms with E-state index in [-0.39, 0.29) is 25.7 Å². The van der Waals surface area contributed by atoms with Crippen LogP contribution in [0.15, 0.2) is 0 Å². The van der Waals surface area contributed by atoms with Crippen molar-refractivity contribution < 1.29 is 84.6 Å². The van der Waals surface area contributed by atoms with E-state index < -0.39 is 97.9 Å². The monoisotopic (exact) mass is 673 g/mol. The van der Waals surface area contributed by atoms with E-state index in [1.807, 2.05) is 0 Å². The molecule has 19 heteroatoms. The van der Waals surface area contributed by atoms with E-state index in [9.17, 15) is 70.2 Å². The van der Waals surface area contributed by atoms with Gasteiger partial charge in [0, 0.05) is 18.8 Å². The zero-order valence-corrected chi connectivity index (χ0v) is 23.9. The Kier molecular flexibility index (Phi) is 14.8. The minimum atomic E-state index is -7.56. The van der Waals surface area contributed by atoms with Crippen LogP contribution in [-0.2, 0) is 4.79 Å². The van der Waals surface area contributed by atoms with Crippen LogP contribution in [0.25, 0.3) is 0 Å². The number of nitrogens with zero attached hydrogens (tertiary/aromatic N) is 1. The molecule has 0 aromatic carbocycles. The lowest BCUT2D eigenvalue weighted by Gasteiger charge is -2.49. The summed E-state index contributed by atoms with van der Waals surface area (Å²) in [6.45, 7) is 4.03. The summed E-state index contributed by atoms with van der Waals surface area (Å²) in [6, 6.07) is -14.7. The Morgan fingerprint density at radius 3 is 0.953 bits per heavy atom. The van der Waals surface area contributed by atoms with Gasteiger partial charge >= 0.3 is 47.6 Å². The molecule has 0 aliphatic rings. The summed E-state index contributed by atoms with van der Waals surface area (Å²) < 4.78 is 223. The standard InChI is InChI=1S/C22H32F16N.C2H4O2/c1-5-7-9-11-13-15(23,24)17(27,28)19(31,32)21(35,36)39(3,4)22(37,38)20(33,34)18(29,30)16(25,26)14-12-10-8-6-2;1-2(3)4/h5-14H2,1-4H3;1H3,(H,3,4)/q+1;/p-1. The van der Waals surface area contributed by atoms with Crippen molar-refractivity contribution in [1.29, 1.82) is 0 Å². The van der Waals surface area contributed by atoms with Crippen LogP contribution in [0.4, 0.5) is 70.2 Å². The van der Waals surface area contributed by atoms with E-state index in [1.54, 1.807) is 0 Å². The molecular weight excluding hydrogens is 638 g/mol. The molecule has 43 heavy (non-hydrogen) atoms. The van der Waals surface area contributed by atoms with Gasteiger partial charge in [-0.3, -0.25) is 0 Å². The minimum Gasteiger partial charge on any atom is -0.550 e. The van der Waals surface area contributed by atoms with Gasteiger partial charge in [-0.2, -0.15) is 57.2 Å². The van der Waals surface area contributed by atoms with Crippen molar-refractivity contribution in [3.8, 4) is 0 Å². The molecule has 0 rings (SSSR count). The molecule has 0 aromatic heterocycles. The average Bonchev–Trinajstić information content (AvgIpc) is 2.83. The van der Waals surface area contributed by atoms with Gasteiger partial charge in [-0.1, -0.05) is 52.4 Å². The first kappa shape index (κ1) is 43.4. The lowest BCUT2D eigenvalue weighted by Crippen LogP contribution is -2.81. The molecule has 0 fully saturated rings. The Bertz CT molecular complexity index is 809. The van der Waals surface area contributed by atoms with Gasteiger partial charge in [0.05, 0.1) is 14.1 Å². The zero-order valence-electron chi connectivity index (χ0n) is 23.9. The largest absolute Gasteiger partial charge is 0.550 e. The molecule has 0 saturated heterocycles. The smallest absolute Gasteiger partial charge is 0.466 e. The molecule has 0 heterocycles. The predicted molar refractivity (Wildman–Crippen MR) is 120 cm³/mol. The summed E-state index contributed by atoms with van der Waals surface area (Å²) >= 11 is 0. The van der Waals surface area contributed by atoms with Crippen LogP contribution < -0.4 is 5.11 Å². The van der Waals surface area contributed by atoms with Crippen molar-refractivity contribution in [2.45, 2.75) is 133 Å². The van der Waals surface area contributed by atoms with Crippen LogP contribution in [0.5, 0.6) is 0 Å². The zero-order chi connectivity index (χ0) is 35.1. The maximum atomic E-state index is 14.6. The number of aliphatic carboxylic acids is 1. The lowest BCUT2D eigenvalue weighted by molar-refractivity contribution is -1.07. The highest BCUT2D eigenvalue weighted by atomic mass is 19.4. The predicted octanol–water partition coefficient (Wildman–Crippen LogP) is 8.76. The van der Waals surface area contributed by atoms with Crippen molar-refractivity contribution in [2.75, 3.05) is 14.1 Å². The van der Waals surface area contributed by atoms with Gasteiger partial charge in [-0.15, -0.1) is 17.6 Å². The van der Waals surface area contributed by atoms with Crippen LogP contribution in [0.1, 0.15) is 85.0 Å². The van der Waals surface area contributed by atoms with E-state index in [1.165, 1.54) is 13.8 Å². The van der Waals surface area contributed by atoms with E-state index >= 15 is 0 Å². The molecule has 0 aromatic rings. The second-order valence-electron chi connectivity index (χ2n) is 10.4. The molecule has 260 valence electrons. The fraction of sp³-hybridized carbons (Fsp3) is 0.958. The van der Waals surface area contributed by atoms with Crippen molar-refractivity contribution in [1.82, 2.24) is 0 Å². The second kappa shape index (κ2) is 14.6. The number of alkyl halides is 16. The molecule has 0 spiro atoms. The molecule has 0 bridgehead atoms. The molecule has 0 saturated carbocycles. The Hall–Kier alpha value is -1.69. The van der Waals surface area contributed by atoms with Crippen LogP contribution in [0, 0.1) is 0 Å². The summed E-state index contributed by atoms with van der Waals surface area (Å²) in [5, 5.41) is 8.89. The molecule has 0 aliphatic carbocycles. The van der Waals surface area contributed by atoms with Gasteiger partial charge in [-0.05, 0) is 19.8 Å². The third kappa shape index (κ3) is 8.32. The van der Waals surface area contributed by atoms with Gasteiger partial charge in [-0.25, -0.2) is 0 Å². The number of carbonyl (C=O) groups is 1. The Morgan fingerprint density at radius 1 is 0.512 bits per heavy atom. The molecule has 0 amide bonds. The van der Waals surface area contributed by atoms with Gasteiger partial charge in [0.25, 0.3) is 0 Å². The summed E-state index contributed by atoms with van der Waals surface area (Å²) in [6.07, 6.45) is -5.67. The number of carboxylic acids is 1.